The first-order chi connectivity index (χ1) is 14.2. The van der Waals surface area contributed by atoms with E-state index in [4.69, 9.17) is 0 Å². The van der Waals surface area contributed by atoms with Crippen LogP contribution in [0.25, 0.3) is 0 Å². The molecule has 2 fully saturated rings. The summed E-state index contributed by atoms with van der Waals surface area (Å²) in [6.45, 7) is 9.33. The molecule has 0 aliphatic carbocycles. The number of imidazole rings is 1. The molecule has 0 radical (unpaired) electrons. The Bertz CT molecular complexity index is 774. The summed E-state index contributed by atoms with van der Waals surface area (Å²) in [5.41, 5.74) is 1.26. The van der Waals surface area contributed by atoms with Crippen LogP contribution in [0, 0.1) is 5.92 Å². The largest absolute Gasteiger partial charge is 0.368 e. The molecule has 2 saturated heterocycles. The number of carbonyl (C=O) groups is 1. The van der Waals surface area contributed by atoms with Crippen LogP contribution in [-0.4, -0.2) is 71.1 Å². The lowest BCUT2D eigenvalue weighted by Crippen LogP contribution is -2.52. The lowest BCUT2D eigenvalue weighted by Gasteiger charge is -2.38. The van der Waals surface area contributed by atoms with Crippen molar-refractivity contribution >= 4 is 11.6 Å². The van der Waals surface area contributed by atoms with Gasteiger partial charge in [-0.05, 0) is 44.0 Å². The number of carbonyl (C=O) groups excluding carboxylic acids is 1. The number of aromatic nitrogens is 2. The fourth-order valence-corrected chi connectivity index (χ4v) is 4.57. The van der Waals surface area contributed by atoms with E-state index in [9.17, 15) is 4.79 Å². The van der Waals surface area contributed by atoms with Crippen molar-refractivity contribution in [2.45, 2.75) is 32.7 Å². The first-order valence-electron chi connectivity index (χ1n) is 11.0. The summed E-state index contributed by atoms with van der Waals surface area (Å²) >= 11 is 0. The topological polar surface area (TPSA) is 44.6 Å². The summed E-state index contributed by atoms with van der Waals surface area (Å²) in [5, 5.41) is 0. The lowest BCUT2D eigenvalue weighted by atomic mass is 9.96. The smallest absolute Gasteiger partial charge is 0.236 e. The number of rotatable bonds is 6. The van der Waals surface area contributed by atoms with Gasteiger partial charge in [0.15, 0.2) is 0 Å². The van der Waals surface area contributed by atoms with Gasteiger partial charge < -0.3 is 14.4 Å². The lowest BCUT2D eigenvalue weighted by molar-refractivity contribution is -0.133. The maximum absolute atomic E-state index is 12.8. The summed E-state index contributed by atoms with van der Waals surface area (Å²) in [7, 11) is 0. The third-order valence-electron chi connectivity index (χ3n) is 6.39. The van der Waals surface area contributed by atoms with Crippen molar-refractivity contribution in [1.29, 1.82) is 0 Å². The molecule has 3 heterocycles. The van der Waals surface area contributed by atoms with Crippen LogP contribution in [0.4, 0.5) is 5.69 Å². The van der Waals surface area contributed by atoms with Crippen molar-refractivity contribution in [3.8, 4) is 0 Å². The molecule has 29 heavy (non-hydrogen) atoms. The molecule has 2 aromatic rings. The molecule has 0 unspecified atom stereocenters. The molecule has 0 atom stereocenters. The van der Waals surface area contributed by atoms with E-state index in [0.717, 1.165) is 65.1 Å². The average Bonchev–Trinajstić information content (AvgIpc) is 3.23. The highest BCUT2D eigenvalue weighted by molar-refractivity contribution is 5.78. The van der Waals surface area contributed by atoms with Crippen LogP contribution in [0.15, 0.2) is 42.7 Å². The monoisotopic (exact) mass is 395 g/mol. The number of piperidine rings is 1. The summed E-state index contributed by atoms with van der Waals surface area (Å²) in [5.74, 6) is 2.16. The van der Waals surface area contributed by atoms with Crippen LogP contribution >= 0.6 is 0 Å². The van der Waals surface area contributed by atoms with Crippen LogP contribution < -0.4 is 4.90 Å². The predicted molar refractivity (Wildman–Crippen MR) is 116 cm³/mol. The second-order valence-electron chi connectivity index (χ2n) is 8.27. The first-order valence-corrected chi connectivity index (χ1v) is 11.0. The summed E-state index contributed by atoms with van der Waals surface area (Å²) in [6.07, 6.45) is 7.32. The molecule has 6 heteroatoms. The molecule has 0 spiro atoms. The molecule has 2 aliphatic heterocycles. The Morgan fingerprint density at radius 2 is 1.76 bits per heavy atom. The van der Waals surface area contributed by atoms with Crippen molar-refractivity contribution < 1.29 is 4.79 Å². The van der Waals surface area contributed by atoms with Crippen LogP contribution in [0.2, 0.25) is 0 Å². The Morgan fingerprint density at radius 1 is 1.03 bits per heavy atom. The molecule has 6 nitrogen and oxygen atoms in total. The Labute approximate surface area is 174 Å². The van der Waals surface area contributed by atoms with Gasteiger partial charge in [0, 0.05) is 57.2 Å². The van der Waals surface area contributed by atoms with E-state index >= 15 is 0 Å². The molecule has 0 bridgehead atoms. The first kappa shape index (κ1) is 20.0. The zero-order chi connectivity index (χ0) is 20.1. The van der Waals surface area contributed by atoms with Crippen molar-refractivity contribution in [2.75, 3.05) is 50.7 Å². The zero-order valence-electron chi connectivity index (χ0n) is 17.5. The highest BCUT2D eigenvalue weighted by atomic mass is 16.2. The third kappa shape index (κ3) is 4.99. The van der Waals surface area contributed by atoms with Gasteiger partial charge in [-0.15, -0.1) is 0 Å². The molecule has 4 rings (SSSR count). The highest BCUT2D eigenvalue weighted by Gasteiger charge is 2.25. The number of hydrogen-bond acceptors (Lipinski definition) is 4. The van der Waals surface area contributed by atoms with E-state index in [1.165, 1.54) is 11.5 Å². The number of benzene rings is 1. The van der Waals surface area contributed by atoms with Gasteiger partial charge in [0.1, 0.15) is 5.82 Å². The number of nitrogens with zero attached hydrogens (tertiary/aromatic N) is 5. The molecule has 0 saturated carbocycles. The van der Waals surface area contributed by atoms with Crippen molar-refractivity contribution in [3.63, 3.8) is 0 Å². The Hall–Kier alpha value is -2.34. The Balaban J connectivity index is 1.19. The van der Waals surface area contributed by atoms with E-state index in [0.29, 0.717) is 18.4 Å². The van der Waals surface area contributed by atoms with Gasteiger partial charge in [-0.1, -0.05) is 25.1 Å². The summed E-state index contributed by atoms with van der Waals surface area (Å²) < 4.78 is 2.30. The molecule has 156 valence electrons. The number of para-hydroxylation sites is 1. The number of amides is 1. The zero-order valence-corrected chi connectivity index (χ0v) is 17.5. The average molecular weight is 396 g/mol. The third-order valence-corrected chi connectivity index (χ3v) is 6.39. The van der Waals surface area contributed by atoms with Gasteiger partial charge in [0.25, 0.3) is 0 Å². The maximum atomic E-state index is 12.8. The van der Waals surface area contributed by atoms with Gasteiger partial charge in [-0.3, -0.25) is 9.69 Å². The van der Waals surface area contributed by atoms with E-state index in [-0.39, 0.29) is 0 Å². The standard InChI is InChI=1S/C23H33N5O/c1-2-22-24-10-13-28(22)18-20-8-11-25(12-9-20)19-23(29)27-16-14-26(15-17-27)21-6-4-3-5-7-21/h3-7,10,13,20H,2,8-9,11-12,14-19H2,1H3. The van der Waals surface area contributed by atoms with E-state index in [1.807, 2.05) is 17.2 Å². The minimum Gasteiger partial charge on any atom is -0.368 e. The normalized spacial score (nSPS) is 18.9. The van der Waals surface area contributed by atoms with E-state index in [1.54, 1.807) is 0 Å². The SMILES string of the molecule is CCc1nccn1CC1CCN(CC(=O)N2CCN(c3ccccc3)CC2)CC1. The molecule has 1 aromatic heterocycles. The fraction of sp³-hybridized carbons (Fsp3) is 0.565. The minimum absolute atomic E-state index is 0.291. The van der Waals surface area contributed by atoms with Gasteiger partial charge in [-0.25, -0.2) is 4.98 Å². The van der Waals surface area contributed by atoms with Crippen LogP contribution in [0.5, 0.6) is 0 Å². The predicted octanol–water partition coefficient (Wildman–Crippen LogP) is 2.51. The quantitative estimate of drug-likeness (QED) is 0.754. The molecular weight excluding hydrogens is 362 g/mol. The van der Waals surface area contributed by atoms with Gasteiger partial charge in [0.2, 0.25) is 5.91 Å². The molecule has 1 amide bonds. The highest BCUT2D eigenvalue weighted by Crippen LogP contribution is 2.20. The number of piperazine rings is 1. The Kier molecular flexibility index (Phi) is 6.49. The Morgan fingerprint density at radius 3 is 2.45 bits per heavy atom. The van der Waals surface area contributed by atoms with E-state index < -0.39 is 0 Å². The number of anilines is 1. The number of aryl methyl sites for hydroxylation is 1. The van der Waals surface area contributed by atoms with Gasteiger partial charge >= 0.3 is 0 Å². The van der Waals surface area contributed by atoms with E-state index in [2.05, 4.69) is 56.7 Å². The summed E-state index contributed by atoms with van der Waals surface area (Å²) in [4.78, 5) is 24.0. The second-order valence-corrected chi connectivity index (χ2v) is 8.27. The van der Waals surface area contributed by atoms with Gasteiger partial charge in [-0.2, -0.15) is 0 Å². The maximum Gasteiger partial charge on any atom is 0.236 e. The van der Waals surface area contributed by atoms with Crippen molar-refractivity contribution in [1.82, 2.24) is 19.4 Å². The van der Waals surface area contributed by atoms with Crippen LogP contribution in [0.3, 0.4) is 0 Å². The van der Waals surface area contributed by atoms with Crippen LogP contribution in [-0.2, 0) is 17.8 Å². The van der Waals surface area contributed by atoms with Gasteiger partial charge in [0.05, 0.1) is 6.54 Å². The molecule has 0 N–H and O–H groups in total. The molecule has 2 aliphatic rings. The second kappa shape index (κ2) is 9.44. The minimum atomic E-state index is 0.291. The van der Waals surface area contributed by atoms with Crippen molar-refractivity contribution in [3.05, 3.63) is 48.5 Å². The number of likely N-dealkylation sites (tertiary alicyclic amines) is 1. The number of hydrogen-bond donors (Lipinski definition) is 0. The molecule has 1 aromatic carbocycles. The summed E-state index contributed by atoms with van der Waals surface area (Å²) in [6, 6.07) is 10.5. The molecular formula is C23H33N5O. The van der Waals surface area contributed by atoms with Crippen LogP contribution in [0.1, 0.15) is 25.6 Å². The van der Waals surface area contributed by atoms with Crippen molar-refractivity contribution in [2.24, 2.45) is 5.92 Å². The fourth-order valence-electron chi connectivity index (χ4n) is 4.57.